The van der Waals surface area contributed by atoms with Crippen molar-refractivity contribution in [3.63, 3.8) is 0 Å². The minimum atomic E-state index is -0.736. The summed E-state index contributed by atoms with van der Waals surface area (Å²) in [7, 11) is 1.58. The van der Waals surface area contributed by atoms with Gasteiger partial charge in [0.1, 0.15) is 17.6 Å². The molecule has 1 aromatic carbocycles. The Morgan fingerprint density at radius 2 is 2.17 bits per heavy atom. The van der Waals surface area contributed by atoms with Crippen LogP contribution in [-0.4, -0.2) is 31.4 Å². The number of fused-ring (bicyclic) bond motifs is 4. The maximum atomic E-state index is 6.25. The van der Waals surface area contributed by atoms with Crippen LogP contribution in [0.25, 0.3) is 0 Å². The molecule has 2 aromatic rings. The van der Waals surface area contributed by atoms with Crippen LogP contribution in [0.2, 0.25) is 0 Å². The second kappa shape index (κ2) is 5.45. The number of rotatable bonds is 1. The van der Waals surface area contributed by atoms with Crippen LogP contribution in [-0.2, 0) is 10.3 Å². The van der Waals surface area contributed by atoms with E-state index in [1.54, 1.807) is 13.3 Å². The number of nitrogens with two attached hydrogens (primary N) is 1. The van der Waals surface area contributed by atoms with Crippen LogP contribution in [0, 0.1) is 0 Å². The number of hydrogen-bond donors (Lipinski definition) is 2. The Labute approximate surface area is 142 Å². The molecule has 6 nitrogen and oxygen atoms in total. The molecule has 0 saturated carbocycles. The third-order valence-corrected chi connectivity index (χ3v) is 4.65. The smallest absolute Gasteiger partial charge is 0.213 e. The average Bonchev–Trinajstić information content (AvgIpc) is 2.56. The number of aromatic nitrogens is 1. The van der Waals surface area contributed by atoms with Crippen molar-refractivity contribution < 1.29 is 14.2 Å². The fourth-order valence-electron chi connectivity index (χ4n) is 3.15. The summed E-state index contributed by atoms with van der Waals surface area (Å²) in [5.74, 6) is 1.90. The second-order valence-electron chi connectivity index (χ2n) is 5.58. The van der Waals surface area contributed by atoms with Gasteiger partial charge >= 0.3 is 0 Å². The summed E-state index contributed by atoms with van der Waals surface area (Å²) in [6.45, 7) is 1.19. The molecule has 0 radical (unpaired) electrons. The Morgan fingerprint density at radius 3 is 2.96 bits per heavy atom. The molecule has 1 fully saturated rings. The van der Waals surface area contributed by atoms with Gasteiger partial charge in [-0.15, -0.1) is 0 Å². The molecule has 1 spiro atoms. The van der Waals surface area contributed by atoms with Crippen molar-refractivity contribution in [1.29, 1.82) is 0 Å². The largest absolute Gasteiger partial charge is 0.481 e. The topological polar surface area (TPSA) is 78.6 Å². The number of hydrogen-bond acceptors (Lipinski definition) is 6. The normalized spacial score (nSPS) is 25.4. The fourth-order valence-corrected chi connectivity index (χ4v) is 3.51. The van der Waals surface area contributed by atoms with E-state index in [4.69, 9.17) is 19.9 Å². The molecule has 7 heteroatoms. The summed E-state index contributed by atoms with van der Waals surface area (Å²) < 4.78 is 18.5. The molecule has 1 unspecified atom stereocenters. The highest BCUT2D eigenvalue weighted by atomic mass is 79.9. The lowest BCUT2D eigenvalue weighted by molar-refractivity contribution is -0.0972. The number of ether oxygens (including phenoxy) is 3. The second-order valence-corrected chi connectivity index (χ2v) is 6.50. The molecule has 23 heavy (non-hydrogen) atoms. The van der Waals surface area contributed by atoms with Gasteiger partial charge in [0.25, 0.3) is 0 Å². The molecule has 1 aromatic heterocycles. The molecule has 0 amide bonds. The van der Waals surface area contributed by atoms with E-state index in [1.165, 1.54) is 0 Å². The standard InChI is InChI=1S/C16H16BrN3O3/c1-21-15-5-11-13(6-20-15)22-12-3-2-9(17)4-10(12)16(11)8-19-7-14(18)23-16/h2-6,14,19H,7-8,18H2,1H3/t14-,16?/m0/s1. The zero-order chi connectivity index (χ0) is 16.0. The van der Waals surface area contributed by atoms with Crippen molar-refractivity contribution in [2.45, 2.75) is 11.8 Å². The zero-order valence-electron chi connectivity index (χ0n) is 12.5. The van der Waals surface area contributed by atoms with E-state index < -0.39 is 11.8 Å². The Bertz CT molecular complexity index is 770. The first-order chi connectivity index (χ1) is 11.1. The summed E-state index contributed by atoms with van der Waals surface area (Å²) in [4.78, 5) is 4.23. The van der Waals surface area contributed by atoms with Crippen molar-refractivity contribution in [2.75, 3.05) is 20.2 Å². The van der Waals surface area contributed by atoms with Crippen LogP contribution in [0.4, 0.5) is 0 Å². The Balaban J connectivity index is 1.97. The van der Waals surface area contributed by atoms with E-state index in [0.717, 1.165) is 21.3 Å². The van der Waals surface area contributed by atoms with Crippen LogP contribution < -0.4 is 20.5 Å². The molecule has 0 aliphatic carbocycles. The SMILES string of the molecule is COc1cc2c(cn1)Oc1ccc(Br)cc1C21CNC[C@@H](N)O1. The van der Waals surface area contributed by atoms with E-state index in [0.29, 0.717) is 24.7 Å². The average molecular weight is 378 g/mol. The van der Waals surface area contributed by atoms with Crippen LogP contribution in [0.1, 0.15) is 11.1 Å². The van der Waals surface area contributed by atoms with Crippen LogP contribution in [0.15, 0.2) is 34.9 Å². The first-order valence-corrected chi connectivity index (χ1v) is 8.08. The highest BCUT2D eigenvalue weighted by Gasteiger charge is 2.47. The van der Waals surface area contributed by atoms with Gasteiger partial charge in [-0.25, -0.2) is 4.98 Å². The number of morpholine rings is 1. The van der Waals surface area contributed by atoms with Gasteiger partial charge in [-0.05, 0) is 18.2 Å². The van der Waals surface area contributed by atoms with E-state index >= 15 is 0 Å². The maximum Gasteiger partial charge on any atom is 0.213 e. The molecule has 120 valence electrons. The fraction of sp³-hybridized carbons (Fsp3) is 0.312. The van der Waals surface area contributed by atoms with Crippen LogP contribution in [0.3, 0.4) is 0 Å². The summed E-state index contributed by atoms with van der Waals surface area (Å²) >= 11 is 3.52. The van der Waals surface area contributed by atoms with Gasteiger partial charge in [0.2, 0.25) is 5.88 Å². The van der Waals surface area contributed by atoms with Gasteiger partial charge < -0.3 is 25.3 Å². The van der Waals surface area contributed by atoms with Gasteiger partial charge in [-0.2, -0.15) is 0 Å². The van der Waals surface area contributed by atoms with Crippen molar-refractivity contribution in [1.82, 2.24) is 10.3 Å². The van der Waals surface area contributed by atoms with Crippen molar-refractivity contribution in [3.05, 3.63) is 46.1 Å². The highest BCUT2D eigenvalue weighted by Crippen LogP contribution is 2.50. The molecule has 2 atom stereocenters. The molecule has 4 rings (SSSR count). The third kappa shape index (κ3) is 2.31. The number of methoxy groups -OCH3 is 1. The molecule has 3 N–H and O–H groups in total. The first kappa shape index (κ1) is 14.9. The van der Waals surface area contributed by atoms with E-state index in [2.05, 4.69) is 26.2 Å². The molecule has 3 heterocycles. The summed E-state index contributed by atoms with van der Waals surface area (Å²) in [5.41, 5.74) is 7.13. The van der Waals surface area contributed by atoms with Crippen LogP contribution in [0.5, 0.6) is 17.4 Å². The highest BCUT2D eigenvalue weighted by molar-refractivity contribution is 9.10. The monoisotopic (exact) mass is 377 g/mol. The lowest BCUT2D eigenvalue weighted by Crippen LogP contribution is -2.56. The molecule has 0 bridgehead atoms. The van der Waals surface area contributed by atoms with Crippen molar-refractivity contribution >= 4 is 15.9 Å². The van der Waals surface area contributed by atoms with Gasteiger partial charge in [-0.1, -0.05) is 15.9 Å². The predicted octanol–water partition coefficient (Wildman–Crippen LogP) is 2.11. The first-order valence-electron chi connectivity index (χ1n) is 7.29. The molecule has 2 aliphatic rings. The molecule has 1 saturated heterocycles. The number of halogens is 1. The predicted molar refractivity (Wildman–Crippen MR) is 87.7 cm³/mol. The molecule has 2 aliphatic heterocycles. The van der Waals surface area contributed by atoms with Gasteiger partial charge in [-0.3, -0.25) is 0 Å². The maximum absolute atomic E-state index is 6.25. The number of benzene rings is 1. The lowest BCUT2D eigenvalue weighted by Gasteiger charge is -2.44. The summed E-state index contributed by atoms with van der Waals surface area (Å²) in [5, 5.41) is 3.35. The molecular weight excluding hydrogens is 362 g/mol. The van der Waals surface area contributed by atoms with Crippen molar-refractivity contribution in [3.8, 4) is 17.4 Å². The van der Waals surface area contributed by atoms with Gasteiger partial charge in [0.05, 0.1) is 13.3 Å². The minimum Gasteiger partial charge on any atom is -0.481 e. The minimum absolute atomic E-state index is 0.416. The summed E-state index contributed by atoms with van der Waals surface area (Å²) in [6, 6.07) is 7.70. The van der Waals surface area contributed by atoms with E-state index in [1.807, 2.05) is 24.3 Å². The van der Waals surface area contributed by atoms with E-state index in [9.17, 15) is 0 Å². The van der Waals surface area contributed by atoms with Gasteiger partial charge in [0, 0.05) is 34.8 Å². The van der Waals surface area contributed by atoms with Crippen LogP contribution >= 0.6 is 15.9 Å². The number of pyridine rings is 1. The molecular formula is C16H16BrN3O3. The lowest BCUT2D eigenvalue weighted by atomic mass is 9.82. The number of nitrogens with zero attached hydrogens (tertiary/aromatic N) is 1. The Hall–Kier alpha value is -1.67. The zero-order valence-corrected chi connectivity index (χ0v) is 14.1. The van der Waals surface area contributed by atoms with Crippen molar-refractivity contribution in [2.24, 2.45) is 5.73 Å². The summed E-state index contributed by atoms with van der Waals surface area (Å²) in [6.07, 6.45) is 1.24. The third-order valence-electron chi connectivity index (χ3n) is 4.16. The quantitative estimate of drug-likeness (QED) is 0.792. The van der Waals surface area contributed by atoms with Gasteiger partial charge in [0.15, 0.2) is 5.75 Å². The van der Waals surface area contributed by atoms with E-state index in [-0.39, 0.29) is 0 Å². The Kier molecular flexibility index (Phi) is 3.53. The number of nitrogens with one attached hydrogen (secondary N) is 1. The Morgan fingerprint density at radius 1 is 1.35 bits per heavy atom.